The molecule has 0 amide bonds. The van der Waals surface area contributed by atoms with Gasteiger partial charge in [-0.1, -0.05) is 6.42 Å². The van der Waals surface area contributed by atoms with Crippen LogP contribution in [0.15, 0.2) is 0 Å². The predicted octanol–water partition coefficient (Wildman–Crippen LogP) is 1.39. The van der Waals surface area contributed by atoms with Crippen LogP contribution in [0.3, 0.4) is 0 Å². The van der Waals surface area contributed by atoms with Crippen LogP contribution in [-0.4, -0.2) is 47.5 Å². The fourth-order valence-corrected chi connectivity index (χ4v) is 3.88. The fourth-order valence-electron chi connectivity index (χ4n) is 3.88. The summed E-state index contributed by atoms with van der Waals surface area (Å²) in [6, 6.07) is 0. The summed E-state index contributed by atoms with van der Waals surface area (Å²) in [7, 11) is 0. The molecule has 0 aromatic rings. The lowest BCUT2D eigenvalue weighted by Crippen LogP contribution is -2.45. The van der Waals surface area contributed by atoms with Gasteiger partial charge in [0.2, 0.25) is 0 Å². The van der Waals surface area contributed by atoms with Gasteiger partial charge in [-0.3, -0.25) is 0 Å². The third-order valence-corrected chi connectivity index (χ3v) is 5.56. The second kappa shape index (κ2) is 4.22. The van der Waals surface area contributed by atoms with Crippen molar-refractivity contribution < 1.29 is 10.2 Å². The molecule has 2 saturated carbocycles. The Morgan fingerprint density at radius 1 is 1.06 bits per heavy atom. The smallest absolute Gasteiger partial charge is 0.0597 e. The number of likely N-dealkylation sites (tertiary alicyclic amines) is 1. The quantitative estimate of drug-likeness (QED) is 0.782. The molecule has 0 aromatic heterocycles. The third kappa shape index (κ3) is 2.13. The SMILES string of the molecule is OCC1(CN2CCC3(CCCC3O)CC2)CC1. The van der Waals surface area contributed by atoms with Crippen LogP contribution in [0.1, 0.15) is 44.9 Å². The van der Waals surface area contributed by atoms with Crippen molar-refractivity contribution in [2.24, 2.45) is 10.8 Å². The minimum atomic E-state index is -0.0441. The zero-order chi connectivity index (χ0) is 11.9. The maximum absolute atomic E-state index is 10.1. The molecule has 1 saturated heterocycles. The van der Waals surface area contributed by atoms with Gasteiger partial charge in [0, 0.05) is 18.6 Å². The van der Waals surface area contributed by atoms with E-state index in [-0.39, 0.29) is 16.9 Å². The maximum Gasteiger partial charge on any atom is 0.0597 e. The Hall–Kier alpha value is -0.120. The molecule has 0 bridgehead atoms. The molecular formula is C14H25NO2. The number of nitrogens with zero attached hydrogens (tertiary/aromatic N) is 1. The van der Waals surface area contributed by atoms with E-state index in [4.69, 9.17) is 0 Å². The van der Waals surface area contributed by atoms with E-state index < -0.39 is 0 Å². The highest BCUT2D eigenvalue weighted by molar-refractivity contribution is 4.99. The van der Waals surface area contributed by atoms with Gasteiger partial charge < -0.3 is 15.1 Å². The fraction of sp³-hybridized carbons (Fsp3) is 1.00. The first kappa shape index (κ1) is 11.9. The summed E-state index contributed by atoms with van der Waals surface area (Å²) in [6.07, 6.45) is 8.14. The van der Waals surface area contributed by atoms with E-state index in [1.807, 2.05) is 0 Å². The van der Waals surface area contributed by atoms with Crippen LogP contribution < -0.4 is 0 Å². The van der Waals surface area contributed by atoms with E-state index in [0.29, 0.717) is 6.61 Å². The number of aliphatic hydroxyl groups is 2. The Labute approximate surface area is 104 Å². The van der Waals surface area contributed by atoms with E-state index >= 15 is 0 Å². The topological polar surface area (TPSA) is 43.7 Å². The summed E-state index contributed by atoms with van der Waals surface area (Å²) in [6.45, 7) is 3.69. The molecule has 3 rings (SSSR count). The first-order valence-corrected chi connectivity index (χ1v) is 7.19. The molecule has 1 aliphatic heterocycles. The normalized spacial score (nSPS) is 35.3. The lowest BCUT2D eigenvalue weighted by Gasteiger charge is -2.42. The number of aliphatic hydroxyl groups excluding tert-OH is 2. The van der Waals surface area contributed by atoms with Crippen LogP contribution >= 0.6 is 0 Å². The van der Waals surface area contributed by atoms with Crippen molar-refractivity contribution in [3.63, 3.8) is 0 Å². The molecule has 1 heterocycles. The van der Waals surface area contributed by atoms with Gasteiger partial charge in [0.1, 0.15) is 0 Å². The number of rotatable bonds is 3. The largest absolute Gasteiger partial charge is 0.396 e. The van der Waals surface area contributed by atoms with Crippen LogP contribution in [0, 0.1) is 10.8 Å². The molecule has 0 radical (unpaired) electrons. The highest BCUT2D eigenvalue weighted by Crippen LogP contribution is 2.49. The van der Waals surface area contributed by atoms with Gasteiger partial charge in [0.15, 0.2) is 0 Å². The summed E-state index contributed by atoms with van der Waals surface area (Å²) < 4.78 is 0. The highest BCUT2D eigenvalue weighted by atomic mass is 16.3. The summed E-state index contributed by atoms with van der Waals surface area (Å²) in [4.78, 5) is 2.51. The molecule has 17 heavy (non-hydrogen) atoms. The van der Waals surface area contributed by atoms with Crippen molar-refractivity contribution in [2.75, 3.05) is 26.2 Å². The molecule has 2 N–H and O–H groups in total. The van der Waals surface area contributed by atoms with Gasteiger partial charge in [-0.15, -0.1) is 0 Å². The molecule has 3 heteroatoms. The molecule has 3 nitrogen and oxygen atoms in total. The zero-order valence-electron chi connectivity index (χ0n) is 10.7. The van der Waals surface area contributed by atoms with E-state index in [2.05, 4.69) is 4.90 Å². The second-order valence-electron chi connectivity index (χ2n) is 6.70. The van der Waals surface area contributed by atoms with Crippen molar-refractivity contribution in [3.05, 3.63) is 0 Å². The summed E-state index contributed by atoms with van der Waals surface area (Å²) >= 11 is 0. The molecular weight excluding hydrogens is 214 g/mol. The van der Waals surface area contributed by atoms with E-state index in [9.17, 15) is 10.2 Å². The minimum absolute atomic E-state index is 0.0441. The number of hydrogen-bond donors (Lipinski definition) is 2. The highest BCUT2D eigenvalue weighted by Gasteiger charge is 2.47. The van der Waals surface area contributed by atoms with Crippen molar-refractivity contribution in [1.82, 2.24) is 4.90 Å². The van der Waals surface area contributed by atoms with Crippen LogP contribution in [0.4, 0.5) is 0 Å². The lowest BCUT2D eigenvalue weighted by atomic mass is 9.75. The zero-order valence-corrected chi connectivity index (χ0v) is 10.7. The molecule has 0 aromatic carbocycles. The molecule has 1 atom stereocenters. The molecule has 1 unspecified atom stereocenters. The monoisotopic (exact) mass is 239 g/mol. The minimum Gasteiger partial charge on any atom is -0.396 e. The average Bonchev–Trinajstić information content (AvgIpc) is 3.04. The van der Waals surface area contributed by atoms with Crippen LogP contribution in [0.2, 0.25) is 0 Å². The van der Waals surface area contributed by atoms with Gasteiger partial charge in [-0.05, 0) is 57.0 Å². The van der Waals surface area contributed by atoms with Crippen LogP contribution in [0.25, 0.3) is 0 Å². The lowest BCUT2D eigenvalue weighted by molar-refractivity contribution is -0.00707. The van der Waals surface area contributed by atoms with Gasteiger partial charge in [-0.25, -0.2) is 0 Å². The summed E-state index contributed by atoms with van der Waals surface area (Å²) in [5.41, 5.74) is 0.505. The summed E-state index contributed by atoms with van der Waals surface area (Å²) in [5.74, 6) is 0. The Kier molecular flexibility index (Phi) is 2.96. The van der Waals surface area contributed by atoms with Gasteiger partial charge in [0.25, 0.3) is 0 Å². The Bertz CT molecular complexity index is 280. The third-order valence-electron chi connectivity index (χ3n) is 5.56. The molecule has 3 fully saturated rings. The first-order chi connectivity index (χ1) is 8.18. The van der Waals surface area contributed by atoms with Gasteiger partial charge in [0.05, 0.1) is 6.10 Å². The predicted molar refractivity (Wildman–Crippen MR) is 66.7 cm³/mol. The van der Waals surface area contributed by atoms with E-state index in [1.165, 1.54) is 25.7 Å². The number of piperidine rings is 1. The second-order valence-corrected chi connectivity index (χ2v) is 6.70. The number of hydrogen-bond acceptors (Lipinski definition) is 3. The van der Waals surface area contributed by atoms with Crippen LogP contribution in [-0.2, 0) is 0 Å². The van der Waals surface area contributed by atoms with Gasteiger partial charge in [-0.2, -0.15) is 0 Å². The van der Waals surface area contributed by atoms with E-state index in [0.717, 1.165) is 38.9 Å². The van der Waals surface area contributed by atoms with Crippen molar-refractivity contribution in [1.29, 1.82) is 0 Å². The Balaban J connectivity index is 1.54. The maximum atomic E-state index is 10.1. The molecule has 1 spiro atoms. The van der Waals surface area contributed by atoms with Crippen molar-refractivity contribution >= 4 is 0 Å². The Morgan fingerprint density at radius 2 is 1.76 bits per heavy atom. The standard InChI is InChI=1S/C14H25NO2/c16-11-13(4-5-13)10-15-8-6-14(7-9-15)3-1-2-12(14)17/h12,16-17H,1-11H2. The first-order valence-electron chi connectivity index (χ1n) is 7.19. The van der Waals surface area contributed by atoms with E-state index in [1.54, 1.807) is 0 Å². The van der Waals surface area contributed by atoms with Crippen molar-refractivity contribution in [3.8, 4) is 0 Å². The molecule has 2 aliphatic carbocycles. The van der Waals surface area contributed by atoms with Crippen molar-refractivity contribution in [2.45, 2.75) is 51.0 Å². The molecule has 98 valence electrons. The van der Waals surface area contributed by atoms with Crippen LogP contribution in [0.5, 0.6) is 0 Å². The molecule has 3 aliphatic rings. The van der Waals surface area contributed by atoms with Gasteiger partial charge >= 0.3 is 0 Å². The summed E-state index contributed by atoms with van der Waals surface area (Å²) in [5, 5.41) is 19.5. The average molecular weight is 239 g/mol. The Morgan fingerprint density at radius 3 is 2.24 bits per heavy atom.